The second kappa shape index (κ2) is 6.57. The molecule has 1 amide bonds. The van der Waals surface area contributed by atoms with Crippen LogP contribution in [0.4, 0.5) is 5.69 Å². The van der Waals surface area contributed by atoms with Crippen LogP contribution in [0.3, 0.4) is 0 Å². The van der Waals surface area contributed by atoms with Gasteiger partial charge in [0.15, 0.2) is 9.84 Å². The van der Waals surface area contributed by atoms with Gasteiger partial charge in [0.2, 0.25) is 0 Å². The second-order valence-electron chi connectivity index (χ2n) is 5.58. The maximum atomic E-state index is 12.7. The molecule has 0 unspecified atom stereocenters. The van der Waals surface area contributed by atoms with Gasteiger partial charge in [-0.05, 0) is 24.3 Å². The molecule has 0 bridgehead atoms. The van der Waals surface area contributed by atoms with Crippen molar-refractivity contribution in [2.75, 3.05) is 18.7 Å². The van der Waals surface area contributed by atoms with Crippen LogP contribution < -0.4 is 10.1 Å². The summed E-state index contributed by atoms with van der Waals surface area (Å²) in [5, 5.41) is 4.48. The predicted molar refractivity (Wildman–Crippen MR) is 98.0 cm³/mol. The van der Waals surface area contributed by atoms with Crippen molar-refractivity contribution in [1.82, 2.24) is 0 Å². The topological polar surface area (TPSA) is 72.5 Å². The van der Waals surface area contributed by atoms with Crippen LogP contribution in [-0.4, -0.2) is 27.7 Å². The molecular weight excluding hydrogens is 338 g/mol. The van der Waals surface area contributed by atoms with Gasteiger partial charge in [-0.15, -0.1) is 0 Å². The summed E-state index contributed by atoms with van der Waals surface area (Å²) in [7, 11) is -1.92. The van der Waals surface area contributed by atoms with Crippen LogP contribution in [0, 0.1) is 0 Å². The minimum Gasteiger partial charge on any atom is -0.496 e. The molecule has 3 aromatic rings. The molecule has 25 heavy (non-hydrogen) atoms. The average molecular weight is 355 g/mol. The number of ether oxygens (including phenoxy) is 1. The zero-order chi connectivity index (χ0) is 18.0. The Kier molecular flexibility index (Phi) is 4.46. The number of carbonyl (C=O) groups is 1. The molecule has 0 fully saturated rings. The number of hydrogen-bond donors (Lipinski definition) is 1. The van der Waals surface area contributed by atoms with Crippen molar-refractivity contribution in [2.24, 2.45) is 0 Å². The summed E-state index contributed by atoms with van der Waals surface area (Å²) in [6.45, 7) is 0. The molecule has 0 spiro atoms. The van der Waals surface area contributed by atoms with E-state index in [4.69, 9.17) is 4.74 Å². The Hall–Kier alpha value is -2.86. The zero-order valence-corrected chi connectivity index (χ0v) is 14.6. The van der Waals surface area contributed by atoms with E-state index in [2.05, 4.69) is 5.32 Å². The summed E-state index contributed by atoms with van der Waals surface area (Å²) >= 11 is 0. The van der Waals surface area contributed by atoms with Crippen LogP contribution in [0.1, 0.15) is 10.4 Å². The predicted octanol–water partition coefficient (Wildman–Crippen LogP) is 3.50. The van der Waals surface area contributed by atoms with Crippen LogP contribution in [-0.2, 0) is 9.84 Å². The van der Waals surface area contributed by atoms with Gasteiger partial charge in [-0.1, -0.05) is 36.4 Å². The summed E-state index contributed by atoms with van der Waals surface area (Å²) in [5.74, 6) is 0.224. The quantitative estimate of drug-likeness (QED) is 0.777. The summed E-state index contributed by atoms with van der Waals surface area (Å²) in [6.07, 6.45) is 1.09. The molecule has 0 radical (unpaired) electrons. The van der Waals surface area contributed by atoms with E-state index in [1.807, 2.05) is 24.3 Å². The van der Waals surface area contributed by atoms with E-state index in [-0.39, 0.29) is 10.5 Å². The summed E-state index contributed by atoms with van der Waals surface area (Å²) < 4.78 is 29.2. The largest absolute Gasteiger partial charge is 0.496 e. The van der Waals surface area contributed by atoms with Gasteiger partial charge in [-0.3, -0.25) is 4.79 Å². The molecule has 5 nitrogen and oxygen atoms in total. The van der Waals surface area contributed by atoms with Crippen LogP contribution in [0.25, 0.3) is 10.8 Å². The Balaban J connectivity index is 2.05. The third-order valence-corrected chi connectivity index (χ3v) is 5.04. The lowest BCUT2D eigenvalue weighted by Crippen LogP contribution is -2.16. The van der Waals surface area contributed by atoms with E-state index in [1.165, 1.54) is 12.1 Å². The van der Waals surface area contributed by atoms with Crippen molar-refractivity contribution in [3.05, 3.63) is 66.2 Å². The Morgan fingerprint density at radius 1 is 0.920 bits per heavy atom. The number of nitrogens with one attached hydrogen (secondary N) is 1. The Morgan fingerprint density at radius 3 is 2.24 bits per heavy atom. The van der Waals surface area contributed by atoms with E-state index < -0.39 is 15.7 Å². The lowest BCUT2D eigenvalue weighted by molar-refractivity contribution is 0.102. The van der Waals surface area contributed by atoms with Gasteiger partial charge in [0.05, 0.1) is 17.6 Å². The fourth-order valence-corrected chi connectivity index (χ4v) is 3.61. The number of methoxy groups -OCH3 is 1. The highest BCUT2D eigenvalue weighted by Crippen LogP contribution is 2.31. The summed E-state index contributed by atoms with van der Waals surface area (Å²) in [6, 6.07) is 17.2. The average Bonchev–Trinajstić information content (AvgIpc) is 2.61. The van der Waals surface area contributed by atoms with E-state index >= 15 is 0 Å². The molecule has 0 aliphatic rings. The zero-order valence-electron chi connectivity index (χ0n) is 13.8. The number of benzene rings is 3. The van der Waals surface area contributed by atoms with Gasteiger partial charge in [0.1, 0.15) is 5.75 Å². The third kappa shape index (κ3) is 3.34. The lowest BCUT2D eigenvalue weighted by atomic mass is 10.1. The van der Waals surface area contributed by atoms with Gasteiger partial charge in [0, 0.05) is 22.7 Å². The Bertz CT molecular complexity index is 1060. The molecular formula is C19H17NO4S. The number of hydrogen-bond acceptors (Lipinski definition) is 4. The molecule has 0 saturated carbocycles. The number of rotatable bonds is 4. The molecule has 3 aromatic carbocycles. The smallest absolute Gasteiger partial charge is 0.257 e. The first-order valence-electron chi connectivity index (χ1n) is 7.58. The maximum Gasteiger partial charge on any atom is 0.257 e. The number of fused-ring (bicyclic) bond motifs is 1. The van der Waals surface area contributed by atoms with Crippen LogP contribution in [0.2, 0.25) is 0 Å². The van der Waals surface area contributed by atoms with Gasteiger partial charge >= 0.3 is 0 Å². The maximum absolute atomic E-state index is 12.7. The molecule has 0 aliphatic carbocycles. The highest BCUT2D eigenvalue weighted by atomic mass is 32.2. The van der Waals surface area contributed by atoms with Crippen LogP contribution in [0.15, 0.2) is 65.6 Å². The highest BCUT2D eigenvalue weighted by Gasteiger charge is 2.19. The molecule has 0 aromatic heterocycles. The number of sulfone groups is 1. The van der Waals surface area contributed by atoms with Crippen molar-refractivity contribution >= 4 is 32.2 Å². The molecule has 6 heteroatoms. The normalized spacial score (nSPS) is 11.3. The number of amides is 1. The van der Waals surface area contributed by atoms with E-state index in [0.717, 1.165) is 17.0 Å². The molecule has 1 N–H and O–H groups in total. The van der Waals surface area contributed by atoms with E-state index in [1.54, 1.807) is 31.4 Å². The van der Waals surface area contributed by atoms with Gasteiger partial charge in [0.25, 0.3) is 5.91 Å². The van der Waals surface area contributed by atoms with Crippen LogP contribution >= 0.6 is 0 Å². The Morgan fingerprint density at radius 2 is 1.56 bits per heavy atom. The SMILES string of the molecule is COc1ccc(NC(=O)c2ccccc2S(C)(=O)=O)c2ccccc12. The minimum atomic E-state index is -3.50. The third-order valence-electron chi connectivity index (χ3n) is 3.88. The first-order valence-corrected chi connectivity index (χ1v) is 9.47. The van der Waals surface area contributed by atoms with E-state index in [9.17, 15) is 13.2 Å². The van der Waals surface area contributed by atoms with Crippen molar-refractivity contribution in [3.8, 4) is 5.75 Å². The molecule has 0 saturated heterocycles. The summed E-state index contributed by atoms with van der Waals surface area (Å²) in [5.41, 5.74) is 0.703. The standard InChI is InChI=1S/C19H17NO4S/c1-24-17-12-11-16(13-7-3-4-8-14(13)17)20-19(21)15-9-5-6-10-18(15)25(2,22)23/h3-12H,1-2H3,(H,20,21). The van der Waals surface area contributed by atoms with E-state index in [0.29, 0.717) is 11.4 Å². The molecule has 0 heterocycles. The van der Waals surface area contributed by atoms with Gasteiger partial charge in [-0.2, -0.15) is 0 Å². The van der Waals surface area contributed by atoms with Gasteiger partial charge < -0.3 is 10.1 Å². The van der Waals surface area contributed by atoms with Crippen molar-refractivity contribution in [1.29, 1.82) is 0 Å². The molecule has 128 valence electrons. The number of carbonyl (C=O) groups excluding carboxylic acids is 1. The van der Waals surface area contributed by atoms with Crippen molar-refractivity contribution < 1.29 is 17.9 Å². The van der Waals surface area contributed by atoms with Crippen molar-refractivity contribution in [3.63, 3.8) is 0 Å². The highest BCUT2D eigenvalue weighted by molar-refractivity contribution is 7.90. The monoisotopic (exact) mass is 355 g/mol. The molecule has 0 atom stereocenters. The second-order valence-corrected chi connectivity index (χ2v) is 7.57. The van der Waals surface area contributed by atoms with Crippen LogP contribution in [0.5, 0.6) is 5.75 Å². The molecule has 3 rings (SSSR count). The van der Waals surface area contributed by atoms with Gasteiger partial charge in [-0.25, -0.2) is 8.42 Å². The fraction of sp³-hybridized carbons (Fsp3) is 0.105. The molecule has 0 aliphatic heterocycles. The first-order chi connectivity index (χ1) is 11.9. The van der Waals surface area contributed by atoms with Crippen molar-refractivity contribution in [2.45, 2.75) is 4.90 Å². The minimum absolute atomic E-state index is 0.00492. The first kappa shape index (κ1) is 17.0. The fourth-order valence-electron chi connectivity index (χ4n) is 2.73. The Labute approximate surface area is 146 Å². The lowest BCUT2D eigenvalue weighted by Gasteiger charge is -2.13. The number of anilines is 1. The summed E-state index contributed by atoms with van der Waals surface area (Å²) in [4.78, 5) is 12.7.